The van der Waals surface area contributed by atoms with Crippen LogP contribution in [-0.4, -0.2) is 53.8 Å². The topological polar surface area (TPSA) is 66.9 Å². The number of carbonyl (C=O) groups is 3. The Hall–Kier alpha value is -2.86. The third-order valence-electron chi connectivity index (χ3n) is 4.50. The van der Waals surface area contributed by atoms with Gasteiger partial charge in [0.05, 0.1) is 0 Å². The third kappa shape index (κ3) is 4.89. The highest BCUT2D eigenvalue weighted by Crippen LogP contribution is 2.17. The summed E-state index contributed by atoms with van der Waals surface area (Å²) < 4.78 is 5.05. The molecule has 0 aliphatic carbocycles. The molecule has 0 saturated carbocycles. The molecule has 2 amide bonds. The van der Waals surface area contributed by atoms with E-state index >= 15 is 0 Å². The first-order valence-corrected chi connectivity index (χ1v) is 9.44. The zero-order valence-corrected chi connectivity index (χ0v) is 16.3. The van der Waals surface area contributed by atoms with Gasteiger partial charge in [-0.25, -0.2) is 0 Å². The van der Waals surface area contributed by atoms with Crippen LogP contribution in [0.4, 0.5) is 0 Å². The Kier molecular flexibility index (Phi) is 6.31. The third-order valence-corrected chi connectivity index (χ3v) is 4.76. The molecule has 0 radical (unpaired) electrons. The maximum absolute atomic E-state index is 12.8. The molecule has 2 aromatic carbocycles. The van der Waals surface area contributed by atoms with Crippen LogP contribution < -0.4 is 4.74 Å². The number of carbonyl (C=O) groups excluding carboxylic acids is 3. The van der Waals surface area contributed by atoms with E-state index in [1.807, 2.05) is 0 Å². The molecule has 6 nitrogen and oxygen atoms in total. The number of benzene rings is 2. The summed E-state index contributed by atoms with van der Waals surface area (Å²) in [6.45, 7) is 3.35. The first-order chi connectivity index (χ1) is 13.4. The maximum atomic E-state index is 12.8. The van der Waals surface area contributed by atoms with Crippen molar-refractivity contribution in [1.82, 2.24) is 9.80 Å². The van der Waals surface area contributed by atoms with E-state index in [4.69, 9.17) is 16.3 Å². The lowest BCUT2D eigenvalue weighted by Crippen LogP contribution is -2.37. The van der Waals surface area contributed by atoms with Gasteiger partial charge in [-0.2, -0.15) is 0 Å². The fourth-order valence-corrected chi connectivity index (χ4v) is 3.27. The zero-order chi connectivity index (χ0) is 20.1. The van der Waals surface area contributed by atoms with E-state index in [9.17, 15) is 14.4 Å². The van der Waals surface area contributed by atoms with E-state index in [1.54, 1.807) is 58.3 Å². The van der Waals surface area contributed by atoms with Gasteiger partial charge in [0.25, 0.3) is 11.8 Å². The number of esters is 1. The summed E-state index contributed by atoms with van der Waals surface area (Å²) in [5.41, 5.74) is 1.04. The number of nitrogens with zero attached hydrogens (tertiary/aromatic N) is 2. The molecule has 1 aliphatic rings. The summed E-state index contributed by atoms with van der Waals surface area (Å²) >= 11 is 5.88. The first kappa shape index (κ1) is 19.9. The predicted octanol–water partition coefficient (Wildman–Crippen LogP) is 3.25. The number of ether oxygens (including phenoxy) is 1. The molecule has 2 aromatic rings. The molecular weight excluding hydrogens is 380 g/mol. The highest BCUT2D eigenvalue weighted by molar-refractivity contribution is 6.30. The minimum Gasteiger partial charge on any atom is -0.427 e. The van der Waals surface area contributed by atoms with Crippen LogP contribution in [0.15, 0.2) is 48.5 Å². The van der Waals surface area contributed by atoms with Crippen molar-refractivity contribution in [2.24, 2.45) is 0 Å². The Morgan fingerprint density at radius 2 is 1.46 bits per heavy atom. The second-order valence-corrected chi connectivity index (χ2v) is 7.00. The Balaban J connectivity index is 1.66. The van der Waals surface area contributed by atoms with Crippen molar-refractivity contribution in [2.75, 3.05) is 26.2 Å². The normalized spacial score (nSPS) is 14.4. The lowest BCUT2D eigenvalue weighted by atomic mass is 10.2. The van der Waals surface area contributed by atoms with E-state index in [0.717, 1.165) is 0 Å². The molecule has 0 unspecified atom stereocenters. The molecule has 1 heterocycles. The summed E-state index contributed by atoms with van der Waals surface area (Å²) in [6, 6.07) is 13.4. The van der Waals surface area contributed by atoms with Crippen LogP contribution >= 0.6 is 11.6 Å². The molecule has 0 N–H and O–H groups in total. The molecule has 0 bridgehead atoms. The predicted molar refractivity (Wildman–Crippen MR) is 106 cm³/mol. The second-order valence-electron chi connectivity index (χ2n) is 6.57. The first-order valence-electron chi connectivity index (χ1n) is 9.06. The molecule has 7 heteroatoms. The van der Waals surface area contributed by atoms with Gasteiger partial charge in [0.2, 0.25) is 0 Å². The SMILES string of the molecule is CC(=O)Oc1cccc(C(=O)N2CCCN(C(=O)c3ccc(Cl)cc3)CC2)c1. The molecule has 1 fully saturated rings. The molecule has 0 aromatic heterocycles. The molecule has 0 atom stereocenters. The minimum atomic E-state index is -0.435. The highest BCUT2D eigenvalue weighted by atomic mass is 35.5. The molecule has 146 valence electrons. The van der Waals surface area contributed by atoms with Crippen LogP contribution in [0, 0.1) is 0 Å². The Bertz CT molecular complexity index is 882. The second kappa shape index (κ2) is 8.89. The van der Waals surface area contributed by atoms with Gasteiger partial charge in [-0.1, -0.05) is 17.7 Å². The van der Waals surface area contributed by atoms with Crippen molar-refractivity contribution in [3.8, 4) is 5.75 Å². The van der Waals surface area contributed by atoms with E-state index in [1.165, 1.54) is 6.92 Å². The lowest BCUT2D eigenvalue weighted by Gasteiger charge is -2.22. The maximum Gasteiger partial charge on any atom is 0.308 e. The van der Waals surface area contributed by atoms with E-state index in [-0.39, 0.29) is 11.8 Å². The van der Waals surface area contributed by atoms with Crippen molar-refractivity contribution in [3.63, 3.8) is 0 Å². The van der Waals surface area contributed by atoms with Crippen LogP contribution in [0.1, 0.15) is 34.1 Å². The molecule has 0 spiro atoms. The average Bonchev–Trinajstić information content (AvgIpc) is 2.93. The monoisotopic (exact) mass is 400 g/mol. The van der Waals surface area contributed by atoms with Crippen LogP contribution in [0.5, 0.6) is 5.75 Å². The van der Waals surface area contributed by atoms with Gasteiger partial charge in [-0.05, 0) is 48.9 Å². The van der Waals surface area contributed by atoms with Gasteiger partial charge >= 0.3 is 5.97 Å². The van der Waals surface area contributed by atoms with Crippen LogP contribution in [0.25, 0.3) is 0 Å². The summed E-state index contributed by atoms with van der Waals surface area (Å²) in [5, 5.41) is 0.583. The van der Waals surface area contributed by atoms with Gasteiger partial charge in [-0.15, -0.1) is 0 Å². The summed E-state index contributed by atoms with van der Waals surface area (Å²) in [5.74, 6) is -0.305. The van der Waals surface area contributed by atoms with E-state index in [0.29, 0.717) is 54.5 Å². The van der Waals surface area contributed by atoms with Gasteiger partial charge in [0.1, 0.15) is 5.75 Å². The lowest BCUT2D eigenvalue weighted by molar-refractivity contribution is -0.131. The molecule has 1 aliphatic heterocycles. The smallest absolute Gasteiger partial charge is 0.308 e. The van der Waals surface area contributed by atoms with Crippen molar-refractivity contribution in [2.45, 2.75) is 13.3 Å². The Morgan fingerprint density at radius 1 is 0.857 bits per heavy atom. The molecule has 3 rings (SSSR count). The van der Waals surface area contributed by atoms with E-state index < -0.39 is 5.97 Å². The largest absolute Gasteiger partial charge is 0.427 e. The molecule has 1 saturated heterocycles. The fourth-order valence-electron chi connectivity index (χ4n) is 3.14. The Morgan fingerprint density at radius 3 is 2.07 bits per heavy atom. The van der Waals surface area contributed by atoms with Crippen LogP contribution in [0.3, 0.4) is 0 Å². The highest BCUT2D eigenvalue weighted by Gasteiger charge is 2.23. The van der Waals surface area contributed by atoms with Gasteiger partial charge < -0.3 is 14.5 Å². The van der Waals surface area contributed by atoms with Crippen molar-refractivity contribution >= 4 is 29.4 Å². The standard InChI is InChI=1S/C21H21ClN2O4/c1-15(25)28-19-5-2-4-17(14-19)21(27)24-11-3-10-23(12-13-24)20(26)16-6-8-18(22)9-7-16/h2,4-9,14H,3,10-13H2,1H3. The van der Waals surface area contributed by atoms with Crippen molar-refractivity contribution < 1.29 is 19.1 Å². The zero-order valence-electron chi connectivity index (χ0n) is 15.6. The summed E-state index contributed by atoms with van der Waals surface area (Å²) in [6.07, 6.45) is 0.689. The minimum absolute atomic E-state index is 0.0668. The number of hydrogen-bond acceptors (Lipinski definition) is 4. The van der Waals surface area contributed by atoms with Crippen molar-refractivity contribution in [1.29, 1.82) is 0 Å². The number of hydrogen-bond donors (Lipinski definition) is 0. The number of amides is 2. The van der Waals surface area contributed by atoms with Gasteiger partial charge in [0.15, 0.2) is 0 Å². The summed E-state index contributed by atoms with van der Waals surface area (Å²) in [7, 11) is 0. The van der Waals surface area contributed by atoms with Gasteiger partial charge in [0, 0.05) is 49.3 Å². The molecule has 28 heavy (non-hydrogen) atoms. The average molecular weight is 401 g/mol. The number of halogens is 1. The quantitative estimate of drug-likeness (QED) is 0.586. The van der Waals surface area contributed by atoms with Crippen molar-refractivity contribution in [3.05, 3.63) is 64.7 Å². The molecular formula is C21H21ClN2O4. The summed E-state index contributed by atoms with van der Waals surface area (Å²) in [4.78, 5) is 40.1. The van der Waals surface area contributed by atoms with Crippen LogP contribution in [-0.2, 0) is 4.79 Å². The van der Waals surface area contributed by atoms with E-state index in [2.05, 4.69) is 0 Å². The fraction of sp³-hybridized carbons (Fsp3) is 0.286. The van der Waals surface area contributed by atoms with Crippen LogP contribution in [0.2, 0.25) is 5.02 Å². The number of rotatable bonds is 3. The van der Waals surface area contributed by atoms with Gasteiger partial charge in [-0.3, -0.25) is 14.4 Å². The Labute approximate surface area is 168 Å².